The zero-order valence-corrected chi connectivity index (χ0v) is 9.49. The predicted molar refractivity (Wildman–Crippen MR) is 61.6 cm³/mol. The van der Waals surface area contributed by atoms with Gasteiger partial charge >= 0.3 is 5.97 Å². The van der Waals surface area contributed by atoms with Gasteiger partial charge in [0.2, 0.25) is 5.91 Å². The minimum atomic E-state index is -1.13. The van der Waals surface area contributed by atoms with E-state index in [0.717, 1.165) is 0 Å². The number of carboxylic acid groups (broad SMARTS) is 1. The number of carboxylic acids is 1. The smallest absolute Gasteiger partial charge is 0.358 e. The number of benzene rings is 1. The van der Waals surface area contributed by atoms with Crippen LogP contribution in [0.3, 0.4) is 0 Å². The Bertz CT molecular complexity index is 616. The monoisotopic (exact) mass is 246 g/mol. The second-order valence-electron chi connectivity index (χ2n) is 3.65. The molecule has 0 aliphatic heterocycles. The standard InChI is InChI=1S/C11H10N4O3/c1-6-9(11(17)18)13-14-15(6)8-4-2-7(3-5-8)10(12)16/h2-5H,1H3,(H2,12,16)(H,17,18). The van der Waals surface area contributed by atoms with Crippen molar-refractivity contribution in [1.82, 2.24) is 15.0 Å². The van der Waals surface area contributed by atoms with Gasteiger partial charge in [0.1, 0.15) is 0 Å². The summed E-state index contributed by atoms with van der Waals surface area (Å²) in [4.78, 5) is 21.8. The molecule has 0 fully saturated rings. The lowest BCUT2D eigenvalue weighted by Gasteiger charge is -2.03. The van der Waals surface area contributed by atoms with E-state index in [1.54, 1.807) is 31.2 Å². The van der Waals surface area contributed by atoms with Gasteiger partial charge in [-0.25, -0.2) is 9.48 Å². The van der Waals surface area contributed by atoms with Crippen molar-refractivity contribution in [2.24, 2.45) is 5.73 Å². The fraction of sp³-hybridized carbons (Fsp3) is 0.0909. The van der Waals surface area contributed by atoms with E-state index < -0.39 is 11.9 Å². The van der Waals surface area contributed by atoms with E-state index in [9.17, 15) is 9.59 Å². The molecule has 0 atom stereocenters. The highest BCUT2D eigenvalue weighted by molar-refractivity contribution is 5.92. The van der Waals surface area contributed by atoms with Crippen LogP contribution in [0.2, 0.25) is 0 Å². The molecule has 0 aliphatic rings. The summed E-state index contributed by atoms with van der Waals surface area (Å²) in [7, 11) is 0. The molecule has 92 valence electrons. The molecule has 0 saturated heterocycles. The molecule has 7 nitrogen and oxygen atoms in total. The van der Waals surface area contributed by atoms with Crippen LogP contribution in [0.15, 0.2) is 24.3 Å². The number of hydrogen-bond donors (Lipinski definition) is 2. The van der Waals surface area contributed by atoms with Crippen molar-refractivity contribution in [1.29, 1.82) is 0 Å². The van der Waals surface area contributed by atoms with Gasteiger partial charge in [0.15, 0.2) is 5.69 Å². The minimum Gasteiger partial charge on any atom is -0.476 e. The van der Waals surface area contributed by atoms with Crippen molar-refractivity contribution in [2.45, 2.75) is 6.92 Å². The Morgan fingerprint density at radius 2 is 1.89 bits per heavy atom. The van der Waals surface area contributed by atoms with Crippen molar-refractivity contribution in [3.63, 3.8) is 0 Å². The first-order valence-corrected chi connectivity index (χ1v) is 5.06. The largest absolute Gasteiger partial charge is 0.476 e. The summed E-state index contributed by atoms with van der Waals surface area (Å²) in [6.07, 6.45) is 0. The number of carbonyl (C=O) groups is 2. The molecule has 1 aromatic heterocycles. The van der Waals surface area contributed by atoms with Crippen LogP contribution in [0.1, 0.15) is 26.5 Å². The van der Waals surface area contributed by atoms with E-state index in [4.69, 9.17) is 10.8 Å². The molecule has 1 aromatic carbocycles. The predicted octanol–water partition coefficient (Wildman–Crippen LogP) is 0.373. The van der Waals surface area contributed by atoms with Gasteiger partial charge in [-0.1, -0.05) is 5.21 Å². The number of nitrogens with two attached hydrogens (primary N) is 1. The van der Waals surface area contributed by atoms with Crippen molar-refractivity contribution in [3.05, 3.63) is 41.2 Å². The molecule has 18 heavy (non-hydrogen) atoms. The summed E-state index contributed by atoms with van der Waals surface area (Å²) in [6.45, 7) is 1.60. The molecule has 1 heterocycles. The Balaban J connectivity index is 2.43. The lowest BCUT2D eigenvalue weighted by Crippen LogP contribution is -2.11. The summed E-state index contributed by atoms with van der Waals surface area (Å²) in [5, 5.41) is 16.2. The molecule has 2 rings (SSSR count). The lowest BCUT2D eigenvalue weighted by molar-refractivity contribution is 0.0689. The maximum Gasteiger partial charge on any atom is 0.358 e. The van der Waals surface area contributed by atoms with E-state index >= 15 is 0 Å². The van der Waals surface area contributed by atoms with E-state index in [2.05, 4.69) is 10.3 Å². The van der Waals surface area contributed by atoms with Gasteiger partial charge in [-0.2, -0.15) is 0 Å². The van der Waals surface area contributed by atoms with Crippen molar-refractivity contribution in [2.75, 3.05) is 0 Å². The van der Waals surface area contributed by atoms with Crippen molar-refractivity contribution in [3.8, 4) is 5.69 Å². The summed E-state index contributed by atoms with van der Waals surface area (Å²) < 4.78 is 1.38. The van der Waals surface area contributed by atoms with E-state index in [-0.39, 0.29) is 5.69 Å². The number of nitrogens with zero attached hydrogens (tertiary/aromatic N) is 3. The SMILES string of the molecule is Cc1c(C(=O)O)nnn1-c1ccc(C(N)=O)cc1. The Labute approximate surface area is 102 Å². The summed E-state index contributed by atoms with van der Waals surface area (Å²) >= 11 is 0. The van der Waals surface area contributed by atoms with Crippen LogP contribution in [0.5, 0.6) is 0 Å². The summed E-state index contributed by atoms with van der Waals surface area (Å²) in [5.74, 6) is -1.66. The quantitative estimate of drug-likeness (QED) is 0.812. The number of rotatable bonds is 3. The third kappa shape index (κ3) is 1.93. The lowest BCUT2D eigenvalue weighted by atomic mass is 10.2. The van der Waals surface area contributed by atoms with Gasteiger partial charge in [0.25, 0.3) is 0 Å². The van der Waals surface area contributed by atoms with Crippen molar-refractivity contribution >= 4 is 11.9 Å². The molecule has 0 spiro atoms. The zero-order chi connectivity index (χ0) is 13.3. The van der Waals surface area contributed by atoms with Crippen LogP contribution in [0.25, 0.3) is 5.69 Å². The molecule has 0 saturated carbocycles. The van der Waals surface area contributed by atoms with Gasteiger partial charge in [0, 0.05) is 5.56 Å². The number of amides is 1. The van der Waals surface area contributed by atoms with Crippen LogP contribution < -0.4 is 5.73 Å². The average Bonchev–Trinajstić information content (AvgIpc) is 2.71. The normalized spacial score (nSPS) is 10.3. The highest BCUT2D eigenvalue weighted by atomic mass is 16.4. The van der Waals surface area contributed by atoms with E-state index in [1.807, 2.05) is 0 Å². The average molecular weight is 246 g/mol. The molecule has 2 aromatic rings. The summed E-state index contributed by atoms with van der Waals surface area (Å²) in [6, 6.07) is 6.32. The molecule has 0 aliphatic carbocycles. The van der Waals surface area contributed by atoms with Crippen LogP contribution in [-0.2, 0) is 0 Å². The summed E-state index contributed by atoms with van der Waals surface area (Å²) in [5.41, 5.74) is 6.41. The zero-order valence-electron chi connectivity index (χ0n) is 9.49. The van der Waals surface area contributed by atoms with Gasteiger partial charge in [-0.3, -0.25) is 4.79 Å². The fourth-order valence-electron chi connectivity index (χ4n) is 1.54. The van der Waals surface area contributed by atoms with Gasteiger partial charge < -0.3 is 10.8 Å². The molecule has 3 N–H and O–H groups in total. The molecule has 0 unspecified atom stereocenters. The maximum absolute atomic E-state index is 10.9. The second-order valence-corrected chi connectivity index (χ2v) is 3.65. The Morgan fingerprint density at radius 3 is 2.33 bits per heavy atom. The number of aromatic carboxylic acids is 1. The third-order valence-corrected chi connectivity index (χ3v) is 2.49. The fourth-order valence-corrected chi connectivity index (χ4v) is 1.54. The molecule has 1 amide bonds. The Morgan fingerprint density at radius 1 is 1.28 bits per heavy atom. The first-order chi connectivity index (χ1) is 8.50. The van der Waals surface area contributed by atoms with Gasteiger partial charge in [0.05, 0.1) is 11.4 Å². The van der Waals surface area contributed by atoms with E-state index in [1.165, 1.54) is 4.68 Å². The highest BCUT2D eigenvalue weighted by Gasteiger charge is 2.15. The van der Waals surface area contributed by atoms with Gasteiger partial charge in [-0.15, -0.1) is 5.10 Å². The topological polar surface area (TPSA) is 111 Å². The highest BCUT2D eigenvalue weighted by Crippen LogP contribution is 2.13. The Kier molecular flexibility index (Phi) is 2.80. The Hall–Kier alpha value is -2.70. The third-order valence-electron chi connectivity index (χ3n) is 2.49. The molecule has 0 radical (unpaired) electrons. The van der Waals surface area contributed by atoms with Crippen LogP contribution in [0, 0.1) is 6.92 Å². The maximum atomic E-state index is 10.9. The first-order valence-electron chi connectivity index (χ1n) is 5.06. The minimum absolute atomic E-state index is 0.103. The first kappa shape index (κ1) is 11.8. The van der Waals surface area contributed by atoms with Crippen LogP contribution >= 0.6 is 0 Å². The van der Waals surface area contributed by atoms with Crippen LogP contribution in [0.4, 0.5) is 0 Å². The molecule has 0 bridgehead atoms. The van der Waals surface area contributed by atoms with Crippen LogP contribution in [-0.4, -0.2) is 32.0 Å². The number of hydrogen-bond acceptors (Lipinski definition) is 4. The van der Waals surface area contributed by atoms with Gasteiger partial charge in [-0.05, 0) is 31.2 Å². The number of aromatic nitrogens is 3. The second kappa shape index (κ2) is 4.28. The van der Waals surface area contributed by atoms with Crippen molar-refractivity contribution < 1.29 is 14.7 Å². The van der Waals surface area contributed by atoms with E-state index in [0.29, 0.717) is 16.9 Å². The molecular formula is C11H10N4O3. The number of primary amides is 1. The molecule has 7 heteroatoms. The molecular weight excluding hydrogens is 236 g/mol. The number of carbonyl (C=O) groups excluding carboxylic acids is 1.